The standard InChI is InChI=1S/C19H26O6/c1-9-6-14-13(10(2)18(22)25-14)8-19(5)16(24-12(4)21)7-15(17(9)19)23-11(3)20/h9,13-17H,2,6-8H2,1,3-5H3/t9-,13-,14+,15+,16+,17-,19-/m1/s1. The number of hydrogen-bond acceptors (Lipinski definition) is 6. The summed E-state index contributed by atoms with van der Waals surface area (Å²) in [6, 6.07) is 0. The Labute approximate surface area is 147 Å². The highest BCUT2D eigenvalue weighted by Crippen LogP contribution is 2.58. The molecular weight excluding hydrogens is 324 g/mol. The summed E-state index contributed by atoms with van der Waals surface area (Å²) in [5.74, 6) is -0.897. The first-order valence-corrected chi connectivity index (χ1v) is 8.87. The molecule has 7 atom stereocenters. The van der Waals surface area contributed by atoms with Crippen molar-refractivity contribution in [1.82, 2.24) is 0 Å². The van der Waals surface area contributed by atoms with Crippen LogP contribution >= 0.6 is 0 Å². The number of carbonyl (C=O) groups is 3. The first-order valence-electron chi connectivity index (χ1n) is 8.87. The molecule has 25 heavy (non-hydrogen) atoms. The lowest BCUT2D eigenvalue weighted by atomic mass is 9.69. The van der Waals surface area contributed by atoms with E-state index in [0.29, 0.717) is 24.8 Å². The maximum Gasteiger partial charge on any atom is 0.334 e. The molecule has 0 spiro atoms. The molecule has 3 rings (SSSR count). The van der Waals surface area contributed by atoms with Gasteiger partial charge in [0.25, 0.3) is 0 Å². The molecule has 0 amide bonds. The van der Waals surface area contributed by atoms with Gasteiger partial charge in [0.05, 0.1) is 0 Å². The SMILES string of the molecule is C=C1C(=O)O[C@H]2C[C@@H](C)[C@@H]3[C@@H](OC(C)=O)C[C@H](OC(C)=O)[C@@]3(C)C[C@H]12. The Bertz CT molecular complexity index is 625. The van der Waals surface area contributed by atoms with Crippen LogP contribution in [-0.2, 0) is 28.6 Å². The van der Waals surface area contributed by atoms with Gasteiger partial charge in [0.1, 0.15) is 18.3 Å². The van der Waals surface area contributed by atoms with Crippen molar-refractivity contribution < 1.29 is 28.6 Å². The van der Waals surface area contributed by atoms with E-state index in [2.05, 4.69) is 20.4 Å². The van der Waals surface area contributed by atoms with Crippen molar-refractivity contribution in [1.29, 1.82) is 0 Å². The molecule has 3 aliphatic rings. The first-order chi connectivity index (χ1) is 11.6. The van der Waals surface area contributed by atoms with E-state index in [0.717, 1.165) is 0 Å². The maximum absolute atomic E-state index is 11.9. The van der Waals surface area contributed by atoms with Gasteiger partial charge in [-0.1, -0.05) is 20.4 Å². The smallest absolute Gasteiger partial charge is 0.334 e. The molecule has 2 saturated carbocycles. The summed E-state index contributed by atoms with van der Waals surface area (Å²) in [6.07, 6.45) is 0.957. The average Bonchev–Trinajstić information content (AvgIpc) is 2.82. The molecule has 0 aromatic carbocycles. The van der Waals surface area contributed by atoms with Gasteiger partial charge in [0.2, 0.25) is 0 Å². The van der Waals surface area contributed by atoms with Crippen LogP contribution in [0.15, 0.2) is 12.2 Å². The van der Waals surface area contributed by atoms with E-state index >= 15 is 0 Å². The van der Waals surface area contributed by atoms with Crippen LogP contribution in [0.25, 0.3) is 0 Å². The van der Waals surface area contributed by atoms with Gasteiger partial charge in [-0.3, -0.25) is 9.59 Å². The Hall–Kier alpha value is -1.85. The van der Waals surface area contributed by atoms with Gasteiger partial charge in [-0.15, -0.1) is 0 Å². The van der Waals surface area contributed by atoms with Crippen molar-refractivity contribution in [3.63, 3.8) is 0 Å². The Kier molecular flexibility index (Phi) is 4.41. The Balaban J connectivity index is 1.98. The summed E-state index contributed by atoms with van der Waals surface area (Å²) in [7, 11) is 0. The fourth-order valence-electron chi connectivity index (χ4n) is 5.39. The number of carbonyl (C=O) groups excluding carboxylic acids is 3. The van der Waals surface area contributed by atoms with Crippen LogP contribution in [0.1, 0.15) is 47.0 Å². The zero-order valence-electron chi connectivity index (χ0n) is 15.2. The van der Waals surface area contributed by atoms with Crippen LogP contribution in [0.4, 0.5) is 0 Å². The summed E-state index contributed by atoms with van der Waals surface area (Å²) < 4.78 is 16.7. The molecule has 0 bridgehead atoms. The molecule has 2 aliphatic carbocycles. The Morgan fingerprint density at radius 1 is 1.20 bits per heavy atom. The van der Waals surface area contributed by atoms with Gasteiger partial charge in [0, 0.05) is 43.1 Å². The molecule has 0 N–H and O–H groups in total. The molecule has 0 radical (unpaired) electrons. The number of ether oxygens (including phenoxy) is 3. The third-order valence-corrected chi connectivity index (χ3v) is 6.26. The zero-order chi connectivity index (χ0) is 18.5. The van der Waals surface area contributed by atoms with E-state index in [9.17, 15) is 14.4 Å². The predicted molar refractivity (Wildman–Crippen MR) is 88.2 cm³/mol. The minimum Gasteiger partial charge on any atom is -0.462 e. The van der Waals surface area contributed by atoms with Crippen molar-refractivity contribution in [2.75, 3.05) is 0 Å². The fraction of sp³-hybridized carbons (Fsp3) is 0.737. The second kappa shape index (κ2) is 6.15. The van der Waals surface area contributed by atoms with Crippen molar-refractivity contribution in [2.24, 2.45) is 23.2 Å². The number of hydrogen-bond donors (Lipinski definition) is 0. The molecule has 0 unspecified atom stereocenters. The molecule has 0 aromatic rings. The molecule has 1 saturated heterocycles. The van der Waals surface area contributed by atoms with Gasteiger partial charge < -0.3 is 14.2 Å². The van der Waals surface area contributed by atoms with E-state index in [1.807, 2.05) is 0 Å². The Morgan fingerprint density at radius 3 is 2.44 bits per heavy atom. The van der Waals surface area contributed by atoms with Crippen LogP contribution in [0.3, 0.4) is 0 Å². The third kappa shape index (κ3) is 2.96. The largest absolute Gasteiger partial charge is 0.462 e. The normalized spacial score (nSPS) is 42.9. The van der Waals surface area contributed by atoms with E-state index < -0.39 is 5.41 Å². The van der Waals surface area contributed by atoms with Crippen molar-refractivity contribution in [2.45, 2.75) is 65.3 Å². The van der Waals surface area contributed by atoms with Gasteiger partial charge in [-0.25, -0.2) is 4.79 Å². The first kappa shape index (κ1) is 18.0. The summed E-state index contributed by atoms with van der Waals surface area (Å²) in [5.41, 5.74) is 0.0956. The van der Waals surface area contributed by atoms with Gasteiger partial charge in [0.15, 0.2) is 0 Å². The van der Waals surface area contributed by atoms with Gasteiger partial charge >= 0.3 is 17.9 Å². The zero-order valence-corrected chi connectivity index (χ0v) is 15.2. The highest BCUT2D eigenvalue weighted by atomic mass is 16.6. The molecule has 0 aromatic heterocycles. The summed E-state index contributed by atoms with van der Waals surface area (Å²) in [6.45, 7) is 10.9. The quantitative estimate of drug-likeness (QED) is 0.432. The lowest BCUT2D eigenvalue weighted by Crippen LogP contribution is -2.40. The molecule has 6 heteroatoms. The number of esters is 3. The van der Waals surface area contributed by atoms with Crippen LogP contribution in [0.2, 0.25) is 0 Å². The molecule has 3 fully saturated rings. The van der Waals surface area contributed by atoms with Crippen LogP contribution in [-0.4, -0.2) is 36.2 Å². The van der Waals surface area contributed by atoms with Gasteiger partial charge in [-0.2, -0.15) is 0 Å². The second-order valence-corrected chi connectivity index (χ2v) is 8.01. The van der Waals surface area contributed by atoms with Crippen molar-refractivity contribution in [3.05, 3.63) is 12.2 Å². The summed E-state index contributed by atoms with van der Waals surface area (Å²) in [5, 5.41) is 0. The maximum atomic E-state index is 11.9. The highest BCUT2D eigenvalue weighted by Gasteiger charge is 2.61. The molecule has 6 nitrogen and oxygen atoms in total. The lowest BCUT2D eigenvalue weighted by Gasteiger charge is -2.39. The third-order valence-electron chi connectivity index (χ3n) is 6.26. The van der Waals surface area contributed by atoms with Gasteiger partial charge in [-0.05, 0) is 18.8 Å². The Morgan fingerprint density at radius 2 is 1.84 bits per heavy atom. The van der Waals surface area contributed by atoms with E-state index in [4.69, 9.17) is 14.2 Å². The summed E-state index contributed by atoms with van der Waals surface area (Å²) in [4.78, 5) is 35.2. The predicted octanol–water partition coefficient (Wildman–Crippen LogP) is 2.40. The average molecular weight is 350 g/mol. The van der Waals surface area contributed by atoms with E-state index in [-0.39, 0.29) is 54.0 Å². The minimum atomic E-state index is -0.401. The summed E-state index contributed by atoms with van der Waals surface area (Å²) >= 11 is 0. The highest BCUT2D eigenvalue weighted by molar-refractivity contribution is 5.90. The minimum absolute atomic E-state index is 0.0397. The number of rotatable bonds is 2. The topological polar surface area (TPSA) is 78.9 Å². The monoisotopic (exact) mass is 350 g/mol. The van der Waals surface area contributed by atoms with E-state index in [1.165, 1.54) is 13.8 Å². The van der Waals surface area contributed by atoms with Crippen LogP contribution < -0.4 is 0 Å². The molecule has 138 valence electrons. The van der Waals surface area contributed by atoms with Crippen LogP contribution in [0, 0.1) is 23.2 Å². The second-order valence-electron chi connectivity index (χ2n) is 8.01. The fourth-order valence-corrected chi connectivity index (χ4v) is 5.39. The lowest BCUT2D eigenvalue weighted by molar-refractivity contribution is -0.153. The van der Waals surface area contributed by atoms with Crippen LogP contribution in [0.5, 0.6) is 0 Å². The molecular formula is C19H26O6. The van der Waals surface area contributed by atoms with E-state index in [1.54, 1.807) is 0 Å². The molecule has 1 aliphatic heterocycles. The van der Waals surface area contributed by atoms with Crippen molar-refractivity contribution >= 4 is 17.9 Å². The number of fused-ring (bicyclic) bond motifs is 2. The van der Waals surface area contributed by atoms with Crippen molar-refractivity contribution in [3.8, 4) is 0 Å². The molecule has 1 heterocycles.